The van der Waals surface area contributed by atoms with Gasteiger partial charge in [0.15, 0.2) is 0 Å². The predicted octanol–water partition coefficient (Wildman–Crippen LogP) is 2.96. The first-order chi connectivity index (χ1) is 11.1. The normalized spacial score (nSPS) is 15.5. The molecule has 1 aliphatic rings. The number of rotatable bonds is 3. The van der Waals surface area contributed by atoms with Gasteiger partial charge < -0.3 is 9.80 Å². The average Bonchev–Trinajstić information content (AvgIpc) is 2.62. The second-order valence-electron chi connectivity index (χ2n) is 5.83. The second-order valence-corrected chi connectivity index (χ2v) is 5.83. The summed E-state index contributed by atoms with van der Waals surface area (Å²) in [5, 5.41) is 0. The van der Waals surface area contributed by atoms with Gasteiger partial charge in [-0.2, -0.15) is 0 Å². The van der Waals surface area contributed by atoms with E-state index in [-0.39, 0.29) is 17.8 Å². The Labute approximate surface area is 135 Å². The molecule has 2 aromatic rings. The quantitative estimate of drug-likeness (QED) is 0.874. The van der Waals surface area contributed by atoms with Crippen molar-refractivity contribution in [2.45, 2.75) is 18.9 Å². The van der Waals surface area contributed by atoms with Crippen LogP contribution in [0, 0.1) is 5.82 Å². The molecule has 2 heterocycles. The first-order valence-electron chi connectivity index (χ1n) is 7.84. The van der Waals surface area contributed by atoms with Crippen LogP contribution >= 0.6 is 0 Å². The molecule has 1 saturated heterocycles. The van der Waals surface area contributed by atoms with Gasteiger partial charge in [-0.3, -0.25) is 4.79 Å². The lowest BCUT2D eigenvalue weighted by Crippen LogP contribution is -2.45. The highest BCUT2D eigenvalue weighted by Gasteiger charge is 2.26. The van der Waals surface area contributed by atoms with E-state index in [4.69, 9.17) is 0 Å². The molecule has 120 valence electrons. The van der Waals surface area contributed by atoms with Gasteiger partial charge in [0.25, 0.3) is 5.91 Å². The minimum absolute atomic E-state index is 0.0544. The first-order valence-corrected chi connectivity index (χ1v) is 7.84. The number of carbonyl (C=O) groups is 1. The van der Waals surface area contributed by atoms with Crippen LogP contribution in [0.4, 0.5) is 10.2 Å². The number of carbonyl (C=O) groups excluding carboxylic acids is 1. The van der Waals surface area contributed by atoms with Crippen LogP contribution in [0.3, 0.4) is 0 Å². The SMILES string of the molecule is CN(C(=O)c1ccc(F)cc1)C1CCN(c2ccccn2)CC1. The molecule has 23 heavy (non-hydrogen) atoms. The third-order valence-electron chi connectivity index (χ3n) is 4.40. The van der Waals surface area contributed by atoms with Crippen LogP contribution in [-0.4, -0.2) is 42.0 Å². The molecule has 0 N–H and O–H groups in total. The van der Waals surface area contributed by atoms with Gasteiger partial charge in [-0.15, -0.1) is 0 Å². The fourth-order valence-corrected chi connectivity index (χ4v) is 2.98. The van der Waals surface area contributed by atoms with Crippen LogP contribution in [0.5, 0.6) is 0 Å². The van der Waals surface area contributed by atoms with Gasteiger partial charge in [0, 0.05) is 37.9 Å². The number of anilines is 1. The highest BCUT2D eigenvalue weighted by Crippen LogP contribution is 2.21. The maximum absolute atomic E-state index is 13.0. The van der Waals surface area contributed by atoms with E-state index in [1.165, 1.54) is 24.3 Å². The molecular formula is C18H20FN3O. The largest absolute Gasteiger partial charge is 0.356 e. The van der Waals surface area contributed by atoms with Crippen molar-refractivity contribution in [2.24, 2.45) is 0 Å². The van der Waals surface area contributed by atoms with E-state index >= 15 is 0 Å². The van der Waals surface area contributed by atoms with E-state index in [2.05, 4.69) is 9.88 Å². The Morgan fingerprint density at radius 2 is 1.87 bits per heavy atom. The Morgan fingerprint density at radius 3 is 2.48 bits per heavy atom. The van der Waals surface area contributed by atoms with Crippen LogP contribution in [0.2, 0.25) is 0 Å². The van der Waals surface area contributed by atoms with Crippen molar-refractivity contribution in [3.8, 4) is 0 Å². The Kier molecular flexibility index (Phi) is 4.55. The van der Waals surface area contributed by atoms with Gasteiger partial charge in [-0.05, 0) is 49.2 Å². The van der Waals surface area contributed by atoms with Gasteiger partial charge >= 0.3 is 0 Å². The van der Waals surface area contributed by atoms with Gasteiger partial charge in [-0.25, -0.2) is 9.37 Å². The third kappa shape index (κ3) is 3.50. The fourth-order valence-electron chi connectivity index (χ4n) is 2.98. The number of nitrogens with zero attached hydrogens (tertiary/aromatic N) is 3. The Balaban J connectivity index is 1.60. The molecule has 3 rings (SSSR count). The number of piperidine rings is 1. The maximum atomic E-state index is 13.0. The molecule has 0 aliphatic carbocycles. The predicted molar refractivity (Wildman–Crippen MR) is 88.0 cm³/mol. The standard InChI is InChI=1S/C18H20FN3O/c1-21(18(23)14-5-7-15(19)8-6-14)16-9-12-22(13-10-16)17-4-2-3-11-20-17/h2-8,11,16H,9-10,12-13H2,1H3. The molecule has 1 fully saturated rings. The van der Waals surface area contributed by atoms with Crippen molar-refractivity contribution in [1.82, 2.24) is 9.88 Å². The molecule has 0 atom stereocenters. The first kappa shape index (κ1) is 15.5. The number of hydrogen-bond donors (Lipinski definition) is 0. The Hall–Kier alpha value is -2.43. The molecule has 5 heteroatoms. The van der Waals surface area contributed by atoms with E-state index < -0.39 is 0 Å². The minimum atomic E-state index is -0.326. The van der Waals surface area contributed by atoms with Crippen LogP contribution < -0.4 is 4.90 Å². The minimum Gasteiger partial charge on any atom is -0.356 e. The van der Waals surface area contributed by atoms with Crippen LogP contribution in [0.15, 0.2) is 48.7 Å². The van der Waals surface area contributed by atoms with E-state index in [1.807, 2.05) is 25.2 Å². The smallest absolute Gasteiger partial charge is 0.253 e. The molecule has 0 saturated carbocycles. The summed E-state index contributed by atoms with van der Waals surface area (Å²) in [5.74, 6) is 0.604. The molecule has 0 radical (unpaired) electrons. The lowest BCUT2D eigenvalue weighted by Gasteiger charge is -2.37. The van der Waals surface area contributed by atoms with Crippen molar-refractivity contribution in [2.75, 3.05) is 25.0 Å². The van der Waals surface area contributed by atoms with E-state index in [1.54, 1.807) is 11.1 Å². The molecule has 1 aliphatic heterocycles. The van der Waals surface area contributed by atoms with E-state index in [0.29, 0.717) is 5.56 Å². The van der Waals surface area contributed by atoms with E-state index in [0.717, 1.165) is 31.7 Å². The van der Waals surface area contributed by atoms with Crippen molar-refractivity contribution < 1.29 is 9.18 Å². The second kappa shape index (κ2) is 6.77. The van der Waals surface area contributed by atoms with Gasteiger partial charge in [0.1, 0.15) is 11.6 Å². The maximum Gasteiger partial charge on any atom is 0.253 e. The molecule has 1 aromatic carbocycles. The molecule has 0 bridgehead atoms. The number of benzene rings is 1. The molecule has 0 unspecified atom stereocenters. The topological polar surface area (TPSA) is 36.4 Å². The van der Waals surface area contributed by atoms with Crippen molar-refractivity contribution in [3.05, 3.63) is 60.0 Å². The third-order valence-corrected chi connectivity index (χ3v) is 4.40. The highest BCUT2D eigenvalue weighted by molar-refractivity contribution is 5.94. The van der Waals surface area contributed by atoms with Crippen molar-refractivity contribution >= 4 is 11.7 Å². The molecular weight excluding hydrogens is 293 g/mol. The zero-order chi connectivity index (χ0) is 16.2. The molecule has 0 spiro atoms. The fraction of sp³-hybridized carbons (Fsp3) is 0.333. The summed E-state index contributed by atoms with van der Waals surface area (Å²) in [4.78, 5) is 20.9. The lowest BCUT2D eigenvalue weighted by molar-refractivity contribution is 0.0709. The number of pyridine rings is 1. The number of amides is 1. The molecule has 1 aromatic heterocycles. The summed E-state index contributed by atoms with van der Waals surface area (Å²) in [6.45, 7) is 1.76. The Morgan fingerprint density at radius 1 is 1.17 bits per heavy atom. The van der Waals surface area contributed by atoms with Crippen LogP contribution in [0.1, 0.15) is 23.2 Å². The van der Waals surface area contributed by atoms with Crippen LogP contribution in [-0.2, 0) is 0 Å². The van der Waals surface area contributed by atoms with E-state index in [9.17, 15) is 9.18 Å². The summed E-state index contributed by atoms with van der Waals surface area (Å²) in [6.07, 6.45) is 3.60. The average molecular weight is 313 g/mol. The number of halogens is 1. The summed E-state index contributed by atoms with van der Waals surface area (Å²) < 4.78 is 13.0. The summed E-state index contributed by atoms with van der Waals surface area (Å²) in [5.41, 5.74) is 0.529. The highest BCUT2D eigenvalue weighted by atomic mass is 19.1. The monoisotopic (exact) mass is 313 g/mol. The zero-order valence-electron chi connectivity index (χ0n) is 13.2. The zero-order valence-corrected chi connectivity index (χ0v) is 13.2. The van der Waals surface area contributed by atoms with Crippen molar-refractivity contribution in [3.63, 3.8) is 0 Å². The Bertz CT molecular complexity index is 652. The van der Waals surface area contributed by atoms with Crippen molar-refractivity contribution in [1.29, 1.82) is 0 Å². The van der Waals surface area contributed by atoms with Gasteiger partial charge in [0.2, 0.25) is 0 Å². The molecule has 4 nitrogen and oxygen atoms in total. The lowest BCUT2D eigenvalue weighted by atomic mass is 10.0. The van der Waals surface area contributed by atoms with Gasteiger partial charge in [0.05, 0.1) is 0 Å². The van der Waals surface area contributed by atoms with Crippen LogP contribution in [0.25, 0.3) is 0 Å². The summed E-state index contributed by atoms with van der Waals surface area (Å²) >= 11 is 0. The number of aromatic nitrogens is 1. The summed E-state index contributed by atoms with van der Waals surface area (Å²) in [6, 6.07) is 11.8. The molecule has 1 amide bonds. The number of hydrogen-bond acceptors (Lipinski definition) is 3. The summed E-state index contributed by atoms with van der Waals surface area (Å²) in [7, 11) is 1.83. The van der Waals surface area contributed by atoms with Gasteiger partial charge in [-0.1, -0.05) is 6.07 Å².